The van der Waals surface area contributed by atoms with Crippen molar-refractivity contribution < 1.29 is 22.7 Å². The molecule has 0 unspecified atom stereocenters. The fraction of sp³-hybridized carbons (Fsp3) is 0.167. The van der Waals surface area contributed by atoms with Crippen LogP contribution >= 0.6 is 0 Å². The van der Waals surface area contributed by atoms with Gasteiger partial charge in [-0.25, -0.2) is 8.42 Å². The molecule has 8 heteroatoms. The molecule has 1 N–H and O–H groups in total. The Hall–Kier alpha value is -4.30. The summed E-state index contributed by atoms with van der Waals surface area (Å²) in [5.41, 5.74) is 3.76. The molecule has 7 nitrogen and oxygen atoms in total. The molecule has 0 atom stereocenters. The number of hydrogen-bond acceptors (Lipinski definition) is 5. The molecule has 0 saturated carbocycles. The first-order valence-corrected chi connectivity index (χ1v) is 13.4. The minimum Gasteiger partial charge on any atom is -0.493 e. The highest BCUT2D eigenvalue weighted by atomic mass is 32.2. The molecule has 0 bridgehead atoms. The van der Waals surface area contributed by atoms with E-state index in [9.17, 15) is 13.2 Å². The third kappa shape index (κ3) is 5.81. The fourth-order valence-corrected chi connectivity index (χ4v) is 5.47. The topological polar surface area (TPSA) is 84.9 Å². The van der Waals surface area contributed by atoms with Crippen LogP contribution in [0.5, 0.6) is 11.5 Å². The Morgan fingerprint density at radius 2 is 1.39 bits per heavy atom. The number of ether oxygens (including phenoxy) is 2. The zero-order valence-electron chi connectivity index (χ0n) is 21.8. The average Bonchev–Trinajstić information content (AvgIpc) is 2.93. The van der Waals surface area contributed by atoms with Crippen LogP contribution in [0.3, 0.4) is 0 Å². The Bertz CT molecular complexity index is 1530. The molecule has 0 aromatic heterocycles. The standard InChI is InChI=1S/C30H30N2O5S/c1-21-9-14-24(15-10-21)31-30(33)26-7-5-6-8-27(26)32(38(34,35)25-16-11-22(2)12-17-25)20-23-13-18-28(36-3)29(19-23)37-4/h5-19H,20H2,1-4H3,(H,31,33). The van der Waals surface area contributed by atoms with Crippen molar-refractivity contribution in [2.75, 3.05) is 23.8 Å². The van der Waals surface area contributed by atoms with Gasteiger partial charge in [-0.15, -0.1) is 0 Å². The number of methoxy groups -OCH3 is 2. The summed E-state index contributed by atoms with van der Waals surface area (Å²) in [6.45, 7) is 3.82. The molecule has 38 heavy (non-hydrogen) atoms. The summed E-state index contributed by atoms with van der Waals surface area (Å²) in [6, 6.07) is 25.9. The lowest BCUT2D eigenvalue weighted by Crippen LogP contribution is -2.32. The molecule has 0 aliphatic rings. The van der Waals surface area contributed by atoms with E-state index >= 15 is 0 Å². The third-order valence-electron chi connectivity index (χ3n) is 6.11. The van der Waals surface area contributed by atoms with Crippen molar-refractivity contribution in [3.63, 3.8) is 0 Å². The first kappa shape index (κ1) is 26.8. The van der Waals surface area contributed by atoms with Crippen molar-refractivity contribution >= 4 is 27.3 Å². The number of sulfonamides is 1. The van der Waals surface area contributed by atoms with Gasteiger partial charge >= 0.3 is 0 Å². The number of aryl methyl sites for hydroxylation is 2. The van der Waals surface area contributed by atoms with Gasteiger partial charge in [-0.1, -0.05) is 53.6 Å². The summed E-state index contributed by atoms with van der Waals surface area (Å²) in [5.74, 6) is 0.589. The third-order valence-corrected chi connectivity index (χ3v) is 7.88. The monoisotopic (exact) mass is 530 g/mol. The number of carbonyl (C=O) groups is 1. The zero-order chi connectivity index (χ0) is 27.3. The van der Waals surface area contributed by atoms with Crippen molar-refractivity contribution in [2.45, 2.75) is 25.3 Å². The van der Waals surface area contributed by atoms with Gasteiger partial charge in [0.2, 0.25) is 0 Å². The van der Waals surface area contributed by atoms with Gasteiger partial charge in [-0.05, 0) is 67.9 Å². The molecule has 1 amide bonds. The Morgan fingerprint density at radius 3 is 2.03 bits per heavy atom. The number of hydrogen-bond donors (Lipinski definition) is 1. The molecule has 0 radical (unpaired) electrons. The Kier molecular flexibility index (Phi) is 8.02. The molecular formula is C30H30N2O5S. The second-order valence-electron chi connectivity index (χ2n) is 8.85. The van der Waals surface area contributed by atoms with E-state index in [0.29, 0.717) is 22.7 Å². The molecule has 0 aliphatic heterocycles. The largest absolute Gasteiger partial charge is 0.493 e. The van der Waals surface area contributed by atoms with E-state index in [1.165, 1.54) is 18.5 Å². The SMILES string of the molecule is COc1ccc(CN(c2ccccc2C(=O)Nc2ccc(C)cc2)S(=O)(=O)c2ccc(C)cc2)cc1OC. The van der Waals surface area contributed by atoms with Crippen LogP contribution in [0.2, 0.25) is 0 Å². The van der Waals surface area contributed by atoms with Gasteiger partial charge in [0, 0.05) is 5.69 Å². The van der Waals surface area contributed by atoms with Crippen molar-refractivity contribution in [1.82, 2.24) is 0 Å². The molecule has 0 spiro atoms. The number of anilines is 2. The summed E-state index contributed by atoms with van der Waals surface area (Å²) < 4.78 is 40.1. The maximum absolute atomic E-state index is 14.0. The average molecular weight is 531 g/mol. The minimum absolute atomic E-state index is 0.0363. The summed E-state index contributed by atoms with van der Waals surface area (Å²) in [7, 11) is -1.00. The quantitative estimate of drug-likeness (QED) is 0.288. The molecule has 0 saturated heterocycles. The number of para-hydroxylation sites is 1. The van der Waals surface area contributed by atoms with Crippen LogP contribution in [0.25, 0.3) is 0 Å². The summed E-state index contributed by atoms with van der Waals surface area (Å²) >= 11 is 0. The first-order chi connectivity index (χ1) is 18.2. The normalized spacial score (nSPS) is 11.1. The lowest BCUT2D eigenvalue weighted by Gasteiger charge is -2.27. The minimum atomic E-state index is -4.06. The maximum Gasteiger partial charge on any atom is 0.264 e. The van der Waals surface area contributed by atoms with Gasteiger partial charge in [0.05, 0.1) is 36.9 Å². The summed E-state index contributed by atoms with van der Waals surface area (Å²) in [4.78, 5) is 13.5. The second-order valence-corrected chi connectivity index (χ2v) is 10.7. The number of amides is 1. The van der Waals surface area contributed by atoms with Crippen LogP contribution in [0.1, 0.15) is 27.0 Å². The van der Waals surface area contributed by atoms with Gasteiger partial charge in [0.15, 0.2) is 11.5 Å². The zero-order valence-corrected chi connectivity index (χ0v) is 22.6. The van der Waals surface area contributed by atoms with Crippen molar-refractivity contribution in [3.05, 3.63) is 113 Å². The number of carbonyl (C=O) groups excluding carboxylic acids is 1. The Morgan fingerprint density at radius 1 is 0.789 bits per heavy atom. The lowest BCUT2D eigenvalue weighted by atomic mass is 10.1. The van der Waals surface area contributed by atoms with Gasteiger partial charge in [0.25, 0.3) is 15.9 Å². The second kappa shape index (κ2) is 11.4. The van der Waals surface area contributed by atoms with E-state index in [2.05, 4.69) is 5.32 Å². The highest BCUT2D eigenvalue weighted by Gasteiger charge is 2.29. The van der Waals surface area contributed by atoms with Crippen LogP contribution in [-0.2, 0) is 16.6 Å². The number of benzene rings is 4. The van der Waals surface area contributed by atoms with Crippen LogP contribution in [-0.4, -0.2) is 28.5 Å². The molecule has 4 aromatic carbocycles. The highest BCUT2D eigenvalue weighted by molar-refractivity contribution is 7.92. The van der Waals surface area contributed by atoms with Gasteiger partial charge in [0.1, 0.15) is 0 Å². The summed E-state index contributed by atoms with van der Waals surface area (Å²) in [6.07, 6.45) is 0. The van der Waals surface area contributed by atoms with Crippen molar-refractivity contribution in [2.24, 2.45) is 0 Å². The van der Waals surface area contributed by atoms with E-state index in [1.54, 1.807) is 78.9 Å². The Balaban J connectivity index is 1.80. The van der Waals surface area contributed by atoms with Crippen LogP contribution in [0.4, 0.5) is 11.4 Å². The number of nitrogens with one attached hydrogen (secondary N) is 1. The van der Waals surface area contributed by atoms with Crippen LogP contribution < -0.4 is 19.1 Å². The molecule has 196 valence electrons. The van der Waals surface area contributed by atoms with Crippen LogP contribution in [0.15, 0.2) is 95.9 Å². The number of nitrogens with zero attached hydrogens (tertiary/aromatic N) is 1. The van der Waals surface area contributed by atoms with E-state index in [4.69, 9.17) is 9.47 Å². The molecule has 0 aliphatic carbocycles. The number of rotatable bonds is 9. The fourth-order valence-electron chi connectivity index (χ4n) is 4.00. The van der Waals surface area contributed by atoms with E-state index < -0.39 is 15.9 Å². The van der Waals surface area contributed by atoms with Gasteiger partial charge in [-0.3, -0.25) is 9.10 Å². The lowest BCUT2D eigenvalue weighted by molar-refractivity contribution is 0.102. The van der Waals surface area contributed by atoms with Crippen molar-refractivity contribution in [1.29, 1.82) is 0 Å². The van der Waals surface area contributed by atoms with Gasteiger partial charge < -0.3 is 14.8 Å². The van der Waals surface area contributed by atoms with Gasteiger partial charge in [-0.2, -0.15) is 0 Å². The molecular weight excluding hydrogens is 500 g/mol. The van der Waals surface area contributed by atoms with Crippen LogP contribution in [0, 0.1) is 13.8 Å². The maximum atomic E-state index is 14.0. The van der Waals surface area contributed by atoms with Crippen molar-refractivity contribution in [3.8, 4) is 11.5 Å². The summed E-state index contributed by atoms with van der Waals surface area (Å²) in [5, 5.41) is 2.88. The first-order valence-electron chi connectivity index (χ1n) is 12.0. The predicted octanol–water partition coefficient (Wildman–Crippen LogP) is 5.97. The smallest absolute Gasteiger partial charge is 0.264 e. The van der Waals surface area contributed by atoms with E-state index in [-0.39, 0.29) is 22.7 Å². The molecule has 4 rings (SSSR count). The molecule has 0 fully saturated rings. The van der Waals surface area contributed by atoms with E-state index in [1.807, 2.05) is 26.0 Å². The van der Waals surface area contributed by atoms with E-state index in [0.717, 1.165) is 11.1 Å². The highest BCUT2D eigenvalue weighted by Crippen LogP contribution is 2.33. The molecule has 4 aromatic rings. The predicted molar refractivity (Wildman–Crippen MR) is 150 cm³/mol. The molecule has 0 heterocycles. The Labute approximate surface area is 223 Å².